The first kappa shape index (κ1) is 12.3. The summed E-state index contributed by atoms with van der Waals surface area (Å²) in [5.74, 6) is -1.17. The van der Waals surface area contributed by atoms with Gasteiger partial charge in [-0.05, 0) is 30.5 Å². The molecule has 1 atom stereocenters. The normalized spacial score (nSPS) is 12.5. The molecule has 1 aromatic carbocycles. The summed E-state index contributed by atoms with van der Waals surface area (Å²) in [6.07, 6.45) is 1.13. The fourth-order valence-electron chi connectivity index (χ4n) is 1.26. The van der Waals surface area contributed by atoms with Gasteiger partial charge in [-0.25, -0.2) is 0 Å². The Hall–Kier alpha value is -0.730. The van der Waals surface area contributed by atoms with Crippen molar-refractivity contribution in [3.05, 3.63) is 33.8 Å². The Bertz CT molecular complexity index is 343. The van der Waals surface area contributed by atoms with Crippen LogP contribution < -0.4 is 0 Å². The molecule has 82 valence electrons. The van der Waals surface area contributed by atoms with Crippen molar-refractivity contribution in [2.45, 2.75) is 19.8 Å². The Morgan fingerprint density at radius 3 is 2.40 bits per heavy atom. The third-order valence-electron chi connectivity index (χ3n) is 2.31. The maximum absolute atomic E-state index is 10.6. The molecule has 4 heteroatoms. The first-order valence-electron chi connectivity index (χ1n) is 4.68. The van der Waals surface area contributed by atoms with Crippen molar-refractivity contribution < 1.29 is 9.90 Å². The van der Waals surface area contributed by atoms with Crippen LogP contribution in [0.3, 0.4) is 0 Å². The van der Waals surface area contributed by atoms with Crippen molar-refractivity contribution in [3.8, 4) is 0 Å². The molecule has 0 aliphatic heterocycles. The Morgan fingerprint density at radius 2 is 1.93 bits per heavy atom. The average molecular weight is 247 g/mol. The number of aliphatic carboxylic acids is 1. The van der Waals surface area contributed by atoms with Crippen molar-refractivity contribution in [2.24, 2.45) is 5.92 Å². The molecule has 0 radical (unpaired) electrons. The Labute approximate surface area is 98.8 Å². The monoisotopic (exact) mass is 246 g/mol. The number of rotatable bonds is 4. The van der Waals surface area contributed by atoms with E-state index in [9.17, 15) is 4.79 Å². The molecule has 0 heterocycles. The van der Waals surface area contributed by atoms with Crippen molar-refractivity contribution in [1.82, 2.24) is 0 Å². The van der Waals surface area contributed by atoms with E-state index in [0.29, 0.717) is 22.9 Å². The molecule has 0 spiro atoms. The summed E-state index contributed by atoms with van der Waals surface area (Å²) in [6.45, 7) is 1.67. The Morgan fingerprint density at radius 1 is 1.40 bits per heavy atom. The first-order chi connectivity index (χ1) is 7.02. The molecular formula is C11H12Cl2O2. The van der Waals surface area contributed by atoms with Crippen LogP contribution in [0.2, 0.25) is 10.0 Å². The SMILES string of the molecule is CC(CCc1c(Cl)cccc1Cl)C(=O)O. The Balaban J connectivity index is 2.69. The molecule has 1 N–H and O–H groups in total. The molecule has 0 aliphatic carbocycles. The highest BCUT2D eigenvalue weighted by atomic mass is 35.5. The minimum atomic E-state index is -0.793. The van der Waals surface area contributed by atoms with Gasteiger partial charge in [-0.2, -0.15) is 0 Å². The number of hydrogen-bond donors (Lipinski definition) is 1. The lowest BCUT2D eigenvalue weighted by Crippen LogP contribution is -2.10. The first-order valence-corrected chi connectivity index (χ1v) is 5.43. The number of carboxylic acids is 1. The highest BCUT2D eigenvalue weighted by molar-refractivity contribution is 6.35. The molecule has 2 nitrogen and oxygen atoms in total. The quantitative estimate of drug-likeness (QED) is 0.881. The van der Waals surface area contributed by atoms with Gasteiger partial charge in [-0.1, -0.05) is 36.2 Å². The molecule has 0 aliphatic rings. The van der Waals surface area contributed by atoms with Crippen LogP contribution in [-0.2, 0) is 11.2 Å². The second-order valence-electron chi connectivity index (χ2n) is 3.48. The van der Waals surface area contributed by atoms with Crippen LogP contribution in [0.15, 0.2) is 18.2 Å². The van der Waals surface area contributed by atoms with Crippen LogP contribution in [-0.4, -0.2) is 11.1 Å². The van der Waals surface area contributed by atoms with Gasteiger partial charge >= 0.3 is 5.97 Å². The van der Waals surface area contributed by atoms with Crippen LogP contribution in [0.25, 0.3) is 0 Å². The molecule has 0 aromatic heterocycles. The van der Waals surface area contributed by atoms with Gasteiger partial charge in [0.15, 0.2) is 0 Å². The van der Waals surface area contributed by atoms with Crippen LogP contribution in [0.1, 0.15) is 18.9 Å². The topological polar surface area (TPSA) is 37.3 Å². The third-order valence-corrected chi connectivity index (χ3v) is 3.02. The molecule has 0 saturated heterocycles. The van der Waals surface area contributed by atoms with Crippen molar-refractivity contribution in [3.63, 3.8) is 0 Å². The summed E-state index contributed by atoms with van der Waals surface area (Å²) in [6, 6.07) is 5.29. The molecule has 1 aromatic rings. The zero-order chi connectivity index (χ0) is 11.4. The fraction of sp³-hybridized carbons (Fsp3) is 0.364. The molecule has 15 heavy (non-hydrogen) atoms. The largest absolute Gasteiger partial charge is 0.481 e. The standard InChI is InChI=1S/C11H12Cl2O2/c1-7(11(14)15)5-6-8-9(12)3-2-4-10(8)13/h2-4,7H,5-6H2,1H3,(H,14,15). The second-order valence-corrected chi connectivity index (χ2v) is 4.29. The van der Waals surface area contributed by atoms with E-state index in [2.05, 4.69) is 0 Å². The number of carboxylic acid groups (broad SMARTS) is 1. The van der Waals surface area contributed by atoms with Gasteiger partial charge in [-0.15, -0.1) is 0 Å². The van der Waals surface area contributed by atoms with E-state index in [1.54, 1.807) is 25.1 Å². The summed E-state index contributed by atoms with van der Waals surface area (Å²) < 4.78 is 0. The van der Waals surface area contributed by atoms with E-state index in [-0.39, 0.29) is 5.92 Å². The summed E-state index contributed by atoms with van der Waals surface area (Å²) >= 11 is 11.9. The zero-order valence-electron chi connectivity index (χ0n) is 8.34. The van der Waals surface area contributed by atoms with Gasteiger partial charge in [-0.3, -0.25) is 4.79 Å². The van der Waals surface area contributed by atoms with E-state index in [1.165, 1.54) is 0 Å². The van der Waals surface area contributed by atoms with Crippen molar-refractivity contribution in [2.75, 3.05) is 0 Å². The summed E-state index contributed by atoms with van der Waals surface area (Å²) in [5.41, 5.74) is 0.828. The summed E-state index contributed by atoms with van der Waals surface area (Å²) in [7, 11) is 0. The van der Waals surface area contributed by atoms with E-state index >= 15 is 0 Å². The average Bonchev–Trinajstić information content (AvgIpc) is 2.16. The smallest absolute Gasteiger partial charge is 0.306 e. The second kappa shape index (κ2) is 5.38. The van der Waals surface area contributed by atoms with E-state index in [0.717, 1.165) is 5.56 Å². The number of benzene rings is 1. The van der Waals surface area contributed by atoms with Crippen LogP contribution in [0, 0.1) is 5.92 Å². The summed E-state index contributed by atoms with van der Waals surface area (Å²) in [4.78, 5) is 10.6. The predicted octanol–water partition coefficient (Wildman–Crippen LogP) is 3.65. The zero-order valence-corrected chi connectivity index (χ0v) is 9.85. The molecular weight excluding hydrogens is 235 g/mol. The van der Waals surface area contributed by atoms with Crippen molar-refractivity contribution >= 4 is 29.2 Å². The molecule has 1 unspecified atom stereocenters. The van der Waals surface area contributed by atoms with Gasteiger partial charge in [0.05, 0.1) is 5.92 Å². The molecule has 0 bridgehead atoms. The number of hydrogen-bond acceptors (Lipinski definition) is 1. The molecule has 1 rings (SSSR count). The highest BCUT2D eigenvalue weighted by Crippen LogP contribution is 2.26. The maximum atomic E-state index is 10.6. The lowest BCUT2D eigenvalue weighted by Gasteiger charge is -2.08. The van der Waals surface area contributed by atoms with Gasteiger partial charge in [0.2, 0.25) is 0 Å². The minimum absolute atomic E-state index is 0.377. The van der Waals surface area contributed by atoms with E-state index in [1.807, 2.05) is 0 Å². The third kappa shape index (κ3) is 3.40. The van der Waals surface area contributed by atoms with E-state index < -0.39 is 5.97 Å². The lowest BCUT2D eigenvalue weighted by atomic mass is 10.0. The lowest BCUT2D eigenvalue weighted by molar-refractivity contribution is -0.141. The van der Waals surface area contributed by atoms with Crippen LogP contribution >= 0.6 is 23.2 Å². The van der Waals surface area contributed by atoms with Gasteiger partial charge in [0, 0.05) is 10.0 Å². The van der Waals surface area contributed by atoms with Crippen LogP contribution in [0.4, 0.5) is 0 Å². The maximum Gasteiger partial charge on any atom is 0.306 e. The summed E-state index contributed by atoms with van der Waals surface area (Å²) in [5, 5.41) is 9.93. The van der Waals surface area contributed by atoms with E-state index in [4.69, 9.17) is 28.3 Å². The molecule has 0 amide bonds. The van der Waals surface area contributed by atoms with Crippen LogP contribution in [0.5, 0.6) is 0 Å². The van der Waals surface area contributed by atoms with Gasteiger partial charge in [0.25, 0.3) is 0 Å². The minimum Gasteiger partial charge on any atom is -0.481 e. The molecule has 0 saturated carbocycles. The van der Waals surface area contributed by atoms with Gasteiger partial charge in [0.1, 0.15) is 0 Å². The van der Waals surface area contributed by atoms with Crippen molar-refractivity contribution in [1.29, 1.82) is 0 Å². The Kier molecular flexibility index (Phi) is 4.43. The predicted molar refractivity (Wildman–Crippen MR) is 61.6 cm³/mol. The molecule has 0 fully saturated rings. The highest BCUT2D eigenvalue weighted by Gasteiger charge is 2.13. The fourth-order valence-corrected chi connectivity index (χ4v) is 1.84. The number of carbonyl (C=O) groups is 1. The number of halogens is 2. The van der Waals surface area contributed by atoms with Gasteiger partial charge < -0.3 is 5.11 Å².